The Hall–Kier alpha value is -0.690. The van der Waals surface area contributed by atoms with Gasteiger partial charge in [0, 0.05) is 10.0 Å². The number of hydrogen-bond donors (Lipinski definition) is 0. The number of alkyl halides is 1. The highest BCUT2D eigenvalue weighted by atomic mass is 35.5. The fourth-order valence-electron chi connectivity index (χ4n) is 1.65. The van der Waals surface area contributed by atoms with Crippen LogP contribution in [-0.2, 0) is 6.42 Å². The summed E-state index contributed by atoms with van der Waals surface area (Å²) in [5, 5.41) is 1.38. The standard InChI is InChI=1S/C14H11Cl3/c15-12-7-5-10(6-8-12)14(17)9-11-3-1-2-4-13(11)16/h1-8,14H,9H2. The summed E-state index contributed by atoms with van der Waals surface area (Å²) in [7, 11) is 0. The average molecular weight is 286 g/mol. The van der Waals surface area contributed by atoms with Crippen LogP contribution in [-0.4, -0.2) is 0 Å². The molecule has 1 atom stereocenters. The third kappa shape index (κ3) is 3.38. The topological polar surface area (TPSA) is 0 Å². The van der Waals surface area contributed by atoms with Crippen LogP contribution >= 0.6 is 34.8 Å². The summed E-state index contributed by atoms with van der Waals surface area (Å²) in [6.45, 7) is 0. The summed E-state index contributed by atoms with van der Waals surface area (Å²) in [5.41, 5.74) is 2.11. The van der Waals surface area contributed by atoms with E-state index in [1.165, 1.54) is 0 Å². The lowest BCUT2D eigenvalue weighted by molar-refractivity contribution is 0.920. The fourth-order valence-corrected chi connectivity index (χ4v) is 2.30. The van der Waals surface area contributed by atoms with Gasteiger partial charge in [0.25, 0.3) is 0 Å². The molecule has 2 aromatic carbocycles. The first-order chi connectivity index (χ1) is 8.16. The van der Waals surface area contributed by atoms with Crippen LogP contribution in [0.4, 0.5) is 0 Å². The van der Waals surface area contributed by atoms with E-state index in [0.29, 0.717) is 6.42 Å². The molecule has 0 aliphatic heterocycles. The summed E-state index contributed by atoms with van der Waals surface area (Å²) >= 11 is 18.3. The summed E-state index contributed by atoms with van der Waals surface area (Å²) in [4.78, 5) is 0. The quantitative estimate of drug-likeness (QED) is 0.652. The van der Waals surface area contributed by atoms with Crippen molar-refractivity contribution in [1.29, 1.82) is 0 Å². The molecule has 0 saturated carbocycles. The monoisotopic (exact) mass is 284 g/mol. The van der Waals surface area contributed by atoms with Crippen molar-refractivity contribution in [3.05, 3.63) is 69.7 Å². The van der Waals surface area contributed by atoms with E-state index in [9.17, 15) is 0 Å². The van der Waals surface area contributed by atoms with Crippen molar-refractivity contribution in [2.75, 3.05) is 0 Å². The van der Waals surface area contributed by atoms with Crippen LogP contribution in [0.25, 0.3) is 0 Å². The highest BCUT2D eigenvalue weighted by molar-refractivity contribution is 6.31. The first-order valence-electron chi connectivity index (χ1n) is 5.30. The average Bonchev–Trinajstić information content (AvgIpc) is 2.33. The smallest absolute Gasteiger partial charge is 0.0626 e. The molecule has 88 valence electrons. The predicted molar refractivity (Wildman–Crippen MR) is 75.2 cm³/mol. The normalized spacial score (nSPS) is 12.4. The Kier molecular flexibility index (Phi) is 4.33. The Labute approximate surface area is 116 Å². The Morgan fingerprint density at radius 2 is 1.53 bits per heavy atom. The molecule has 0 amide bonds. The minimum absolute atomic E-state index is 0.0906. The van der Waals surface area contributed by atoms with Gasteiger partial charge in [-0.25, -0.2) is 0 Å². The molecule has 0 aliphatic rings. The van der Waals surface area contributed by atoms with E-state index in [4.69, 9.17) is 34.8 Å². The molecule has 2 rings (SSSR count). The van der Waals surface area contributed by atoms with Gasteiger partial charge in [0.2, 0.25) is 0 Å². The molecule has 0 spiro atoms. The zero-order valence-corrected chi connectivity index (χ0v) is 11.3. The molecule has 2 aromatic rings. The zero-order valence-electron chi connectivity index (χ0n) is 9.04. The van der Waals surface area contributed by atoms with Crippen molar-refractivity contribution >= 4 is 34.8 Å². The largest absolute Gasteiger partial charge is 0.117 e. The maximum absolute atomic E-state index is 6.36. The van der Waals surface area contributed by atoms with Gasteiger partial charge in [-0.1, -0.05) is 53.5 Å². The Bertz CT molecular complexity index is 491. The minimum atomic E-state index is -0.0906. The van der Waals surface area contributed by atoms with Gasteiger partial charge in [-0.15, -0.1) is 11.6 Å². The first kappa shape index (κ1) is 12.8. The van der Waals surface area contributed by atoms with E-state index in [0.717, 1.165) is 21.2 Å². The van der Waals surface area contributed by atoms with Gasteiger partial charge in [0.1, 0.15) is 0 Å². The van der Waals surface area contributed by atoms with Crippen molar-refractivity contribution < 1.29 is 0 Å². The van der Waals surface area contributed by atoms with Crippen LogP contribution < -0.4 is 0 Å². The van der Waals surface area contributed by atoms with Gasteiger partial charge in [-0.05, 0) is 35.7 Å². The maximum Gasteiger partial charge on any atom is 0.0626 e. The lowest BCUT2D eigenvalue weighted by atomic mass is 10.0. The van der Waals surface area contributed by atoms with Gasteiger partial charge in [0.15, 0.2) is 0 Å². The second-order valence-corrected chi connectivity index (χ2v) is 5.19. The molecule has 0 bridgehead atoms. The third-order valence-electron chi connectivity index (χ3n) is 2.59. The van der Waals surface area contributed by atoms with Crippen molar-refractivity contribution in [2.24, 2.45) is 0 Å². The minimum Gasteiger partial charge on any atom is -0.117 e. The van der Waals surface area contributed by atoms with Gasteiger partial charge >= 0.3 is 0 Å². The Morgan fingerprint density at radius 1 is 0.882 bits per heavy atom. The van der Waals surface area contributed by atoms with Gasteiger partial charge in [-0.3, -0.25) is 0 Å². The molecule has 0 aromatic heterocycles. The molecule has 0 heterocycles. The number of hydrogen-bond acceptors (Lipinski definition) is 0. The second kappa shape index (κ2) is 5.77. The molecular weight excluding hydrogens is 275 g/mol. The Morgan fingerprint density at radius 3 is 2.18 bits per heavy atom. The lowest BCUT2D eigenvalue weighted by Gasteiger charge is -2.11. The summed E-state index contributed by atoms with van der Waals surface area (Å²) in [5.74, 6) is 0. The second-order valence-electron chi connectivity index (χ2n) is 3.81. The molecule has 0 N–H and O–H groups in total. The molecule has 0 saturated heterocycles. The van der Waals surface area contributed by atoms with Gasteiger partial charge in [0.05, 0.1) is 5.38 Å². The van der Waals surface area contributed by atoms with E-state index in [1.54, 1.807) is 0 Å². The molecule has 0 fully saturated rings. The van der Waals surface area contributed by atoms with Crippen molar-refractivity contribution in [3.8, 4) is 0 Å². The van der Waals surface area contributed by atoms with E-state index >= 15 is 0 Å². The molecule has 0 aliphatic carbocycles. The lowest BCUT2D eigenvalue weighted by Crippen LogP contribution is -1.96. The summed E-state index contributed by atoms with van der Waals surface area (Å²) in [6.07, 6.45) is 0.711. The molecule has 17 heavy (non-hydrogen) atoms. The molecule has 3 heteroatoms. The molecule has 1 unspecified atom stereocenters. The van der Waals surface area contributed by atoms with E-state index < -0.39 is 0 Å². The maximum atomic E-state index is 6.36. The van der Waals surface area contributed by atoms with E-state index in [-0.39, 0.29) is 5.38 Å². The predicted octanol–water partition coefficient (Wildman–Crippen LogP) is 5.52. The van der Waals surface area contributed by atoms with E-state index in [1.807, 2.05) is 48.5 Å². The number of rotatable bonds is 3. The van der Waals surface area contributed by atoms with Crippen molar-refractivity contribution in [3.63, 3.8) is 0 Å². The third-order valence-corrected chi connectivity index (χ3v) is 3.62. The van der Waals surface area contributed by atoms with Crippen LogP contribution in [0.5, 0.6) is 0 Å². The van der Waals surface area contributed by atoms with Crippen LogP contribution in [0.15, 0.2) is 48.5 Å². The van der Waals surface area contributed by atoms with Crippen LogP contribution in [0.3, 0.4) is 0 Å². The first-order valence-corrected chi connectivity index (χ1v) is 6.49. The van der Waals surface area contributed by atoms with Crippen LogP contribution in [0.1, 0.15) is 16.5 Å². The molecule has 0 nitrogen and oxygen atoms in total. The number of halogens is 3. The van der Waals surface area contributed by atoms with Crippen molar-refractivity contribution in [1.82, 2.24) is 0 Å². The fraction of sp³-hybridized carbons (Fsp3) is 0.143. The van der Waals surface area contributed by atoms with Crippen molar-refractivity contribution in [2.45, 2.75) is 11.8 Å². The highest BCUT2D eigenvalue weighted by Crippen LogP contribution is 2.28. The highest BCUT2D eigenvalue weighted by Gasteiger charge is 2.10. The van der Waals surface area contributed by atoms with Gasteiger partial charge < -0.3 is 0 Å². The summed E-state index contributed by atoms with van der Waals surface area (Å²) in [6, 6.07) is 15.3. The molecule has 0 radical (unpaired) electrons. The Balaban J connectivity index is 2.14. The molecular formula is C14H11Cl3. The van der Waals surface area contributed by atoms with Crippen LogP contribution in [0, 0.1) is 0 Å². The SMILES string of the molecule is Clc1ccc(C(Cl)Cc2ccccc2Cl)cc1. The number of benzene rings is 2. The van der Waals surface area contributed by atoms with Crippen LogP contribution in [0.2, 0.25) is 10.0 Å². The van der Waals surface area contributed by atoms with E-state index in [2.05, 4.69) is 0 Å². The summed E-state index contributed by atoms with van der Waals surface area (Å²) < 4.78 is 0. The zero-order chi connectivity index (χ0) is 12.3. The van der Waals surface area contributed by atoms with Gasteiger partial charge in [-0.2, -0.15) is 0 Å².